The Morgan fingerprint density at radius 3 is 2.38 bits per heavy atom. The number of pyridine rings is 1. The lowest BCUT2D eigenvalue weighted by atomic mass is 10.1. The lowest BCUT2D eigenvalue weighted by Crippen LogP contribution is -2.25. The van der Waals surface area contributed by atoms with Crippen LogP contribution in [0.1, 0.15) is 36.8 Å². The van der Waals surface area contributed by atoms with Crippen LogP contribution in [0.25, 0.3) is 0 Å². The SMILES string of the molecule is NS(=O)(=O)c1ccc(NCc2ccnc(N3CCCCCC3)c2)c(C(F)(F)F)c1. The van der Waals surface area contributed by atoms with Crippen LogP contribution in [-0.2, 0) is 22.7 Å². The van der Waals surface area contributed by atoms with Crippen LogP contribution in [0.3, 0.4) is 0 Å². The molecule has 0 radical (unpaired) electrons. The molecule has 2 aromatic rings. The van der Waals surface area contributed by atoms with Crippen molar-refractivity contribution in [1.29, 1.82) is 0 Å². The van der Waals surface area contributed by atoms with E-state index in [1.54, 1.807) is 12.3 Å². The molecule has 0 aliphatic carbocycles. The molecule has 1 aliphatic heterocycles. The first kappa shape index (κ1) is 21.4. The van der Waals surface area contributed by atoms with Crippen molar-refractivity contribution in [2.24, 2.45) is 5.14 Å². The second-order valence-corrected chi connectivity index (χ2v) is 8.59. The maximum absolute atomic E-state index is 13.4. The molecule has 1 saturated heterocycles. The summed E-state index contributed by atoms with van der Waals surface area (Å²) in [7, 11) is -4.23. The Kier molecular flexibility index (Phi) is 6.33. The van der Waals surface area contributed by atoms with Gasteiger partial charge in [-0.3, -0.25) is 0 Å². The summed E-state index contributed by atoms with van der Waals surface area (Å²) in [5.41, 5.74) is -0.508. The highest BCUT2D eigenvalue weighted by molar-refractivity contribution is 7.89. The molecule has 0 atom stereocenters. The molecule has 0 spiro atoms. The van der Waals surface area contributed by atoms with E-state index >= 15 is 0 Å². The van der Waals surface area contributed by atoms with Crippen molar-refractivity contribution < 1.29 is 21.6 Å². The molecule has 6 nitrogen and oxygen atoms in total. The van der Waals surface area contributed by atoms with Gasteiger partial charge in [-0.05, 0) is 48.7 Å². The monoisotopic (exact) mass is 428 g/mol. The Morgan fingerprint density at radius 2 is 1.76 bits per heavy atom. The molecular formula is C19H23F3N4O2S. The standard InChI is InChI=1S/C19H23F3N4O2S/c20-19(21,22)16-12-15(29(23,27)28)5-6-17(16)25-13-14-7-8-24-18(11-14)26-9-3-1-2-4-10-26/h5-8,11-12,25H,1-4,9-10,13H2,(H2,23,27,28). The van der Waals surface area contributed by atoms with Gasteiger partial charge in [0, 0.05) is 31.5 Å². The van der Waals surface area contributed by atoms with E-state index in [-0.39, 0.29) is 12.2 Å². The average Bonchev–Trinajstić information content (AvgIpc) is 2.94. The number of rotatable bonds is 5. The molecule has 3 N–H and O–H groups in total. The van der Waals surface area contributed by atoms with Gasteiger partial charge >= 0.3 is 6.18 Å². The molecule has 3 rings (SSSR count). The van der Waals surface area contributed by atoms with Crippen molar-refractivity contribution in [3.8, 4) is 0 Å². The van der Waals surface area contributed by atoms with Gasteiger partial charge in [0.1, 0.15) is 5.82 Å². The van der Waals surface area contributed by atoms with Gasteiger partial charge in [-0.2, -0.15) is 13.2 Å². The minimum absolute atomic E-state index is 0.140. The van der Waals surface area contributed by atoms with Gasteiger partial charge in [-0.1, -0.05) is 12.8 Å². The Morgan fingerprint density at radius 1 is 1.07 bits per heavy atom. The maximum Gasteiger partial charge on any atom is 0.418 e. The first-order valence-corrected chi connectivity index (χ1v) is 10.9. The molecule has 1 aromatic carbocycles. The number of nitrogens with zero attached hydrogens (tertiary/aromatic N) is 2. The highest BCUT2D eigenvalue weighted by Gasteiger charge is 2.34. The summed E-state index contributed by atoms with van der Waals surface area (Å²) in [5.74, 6) is 0.812. The van der Waals surface area contributed by atoms with Gasteiger partial charge in [-0.15, -0.1) is 0 Å². The fraction of sp³-hybridized carbons (Fsp3) is 0.421. The van der Waals surface area contributed by atoms with Gasteiger partial charge in [0.2, 0.25) is 10.0 Å². The number of primary sulfonamides is 1. The third-order valence-electron chi connectivity index (χ3n) is 4.85. The molecule has 2 heterocycles. The van der Waals surface area contributed by atoms with Gasteiger partial charge in [0.05, 0.1) is 10.5 Å². The first-order chi connectivity index (χ1) is 13.6. The van der Waals surface area contributed by atoms with Crippen molar-refractivity contribution in [2.45, 2.75) is 43.3 Å². The molecule has 1 aromatic heterocycles. The summed E-state index contributed by atoms with van der Waals surface area (Å²) in [6.07, 6.45) is 1.48. The zero-order chi connectivity index (χ0) is 21.1. The minimum Gasteiger partial charge on any atom is -0.380 e. The third kappa shape index (κ3) is 5.60. The summed E-state index contributed by atoms with van der Waals surface area (Å²) in [6, 6.07) is 6.29. The van der Waals surface area contributed by atoms with Crippen LogP contribution in [0.5, 0.6) is 0 Å². The normalized spacial score (nSPS) is 15.8. The molecule has 0 saturated carbocycles. The summed E-state index contributed by atoms with van der Waals surface area (Å²) >= 11 is 0. The molecular weight excluding hydrogens is 405 g/mol. The minimum atomic E-state index is -4.72. The molecule has 0 unspecified atom stereocenters. The number of hydrogen-bond donors (Lipinski definition) is 2. The van der Waals surface area contributed by atoms with Crippen LogP contribution >= 0.6 is 0 Å². The quantitative estimate of drug-likeness (QED) is 0.758. The van der Waals surface area contributed by atoms with E-state index in [0.717, 1.165) is 49.4 Å². The summed E-state index contributed by atoms with van der Waals surface area (Å²) in [4.78, 5) is 6.00. The fourth-order valence-corrected chi connectivity index (χ4v) is 3.87. The van der Waals surface area contributed by atoms with Gasteiger partial charge in [-0.25, -0.2) is 18.5 Å². The average molecular weight is 428 g/mol. The Hall–Kier alpha value is -2.33. The van der Waals surface area contributed by atoms with Crippen molar-refractivity contribution in [1.82, 2.24) is 4.98 Å². The van der Waals surface area contributed by atoms with Gasteiger partial charge < -0.3 is 10.2 Å². The maximum atomic E-state index is 13.4. The number of anilines is 2. The summed E-state index contributed by atoms with van der Waals surface area (Å²) in [6.45, 7) is 1.97. The number of nitrogens with one attached hydrogen (secondary N) is 1. The number of benzene rings is 1. The van der Waals surface area contributed by atoms with Crippen LogP contribution in [0.4, 0.5) is 24.7 Å². The molecule has 1 aliphatic rings. The van der Waals surface area contributed by atoms with Crippen molar-refractivity contribution in [3.05, 3.63) is 47.7 Å². The molecule has 0 amide bonds. The lowest BCUT2D eigenvalue weighted by molar-refractivity contribution is -0.137. The number of halogens is 3. The van der Waals surface area contributed by atoms with Crippen LogP contribution < -0.4 is 15.4 Å². The summed E-state index contributed by atoms with van der Waals surface area (Å²) < 4.78 is 63.0. The van der Waals surface area contributed by atoms with E-state index < -0.39 is 26.7 Å². The molecule has 29 heavy (non-hydrogen) atoms. The second kappa shape index (κ2) is 8.58. The molecule has 10 heteroatoms. The van der Waals surface area contributed by atoms with Crippen LogP contribution in [0.2, 0.25) is 0 Å². The smallest absolute Gasteiger partial charge is 0.380 e. The molecule has 158 valence electrons. The first-order valence-electron chi connectivity index (χ1n) is 9.32. The van der Waals surface area contributed by atoms with Crippen LogP contribution in [0.15, 0.2) is 41.4 Å². The number of aromatic nitrogens is 1. The number of nitrogens with two attached hydrogens (primary N) is 1. The topological polar surface area (TPSA) is 88.3 Å². The van der Waals surface area contributed by atoms with Crippen molar-refractivity contribution >= 4 is 21.5 Å². The van der Waals surface area contributed by atoms with E-state index in [1.165, 1.54) is 12.8 Å². The molecule has 1 fully saturated rings. The Balaban J connectivity index is 1.80. The highest BCUT2D eigenvalue weighted by Crippen LogP contribution is 2.36. The van der Waals surface area contributed by atoms with Crippen molar-refractivity contribution in [2.75, 3.05) is 23.3 Å². The van der Waals surface area contributed by atoms with Crippen molar-refractivity contribution in [3.63, 3.8) is 0 Å². The van der Waals surface area contributed by atoms with Crippen LogP contribution in [-0.4, -0.2) is 26.5 Å². The zero-order valence-electron chi connectivity index (χ0n) is 15.7. The number of sulfonamides is 1. The van der Waals surface area contributed by atoms with E-state index in [0.29, 0.717) is 6.07 Å². The zero-order valence-corrected chi connectivity index (χ0v) is 16.6. The van der Waals surface area contributed by atoms with Gasteiger partial charge in [0.25, 0.3) is 0 Å². The van der Waals surface area contributed by atoms with E-state index in [4.69, 9.17) is 5.14 Å². The largest absolute Gasteiger partial charge is 0.418 e. The van der Waals surface area contributed by atoms with Crippen LogP contribution in [0, 0.1) is 0 Å². The number of alkyl halides is 3. The number of hydrogen-bond acceptors (Lipinski definition) is 5. The fourth-order valence-electron chi connectivity index (χ4n) is 3.33. The lowest BCUT2D eigenvalue weighted by Gasteiger charge is -2.22. The Bertz CT molecular complexity index is 956. The van der Waals surface area contributed by atoms with E-state index in [2.05, 4.69) is 15.2 Å². The molecule has 0 bridgehead atoms. The predicted molar refractivity (Wildman–Crippen MR) is 105 cm³/mol. The Labute approximate surface area is 168 Å². The third-order valence-corrected chi connectivity index (χ3v) is 5.76. The van der Waals surface area contributed by atoms with E-state index in [9.17, 15) is 21.6 Å². The van der Waals surface area contributed by atoms with Gasteiger partial charge in [0.15, 0.2) is 0 Å². The second-order valence-electron chi connectivity index (χ2n) is 7.03. The highest BCUT2D eigenvalue weighted by atomic mass is 32.2. The summed E-state index contributed by atoms with van der Waals surface area (Å²) in [5, 5.41) is 7.71. The van der Waals surface area contributed by atoms with E-state index in [1.807, 2.05) is 6.07 Å². The predicted octanol–water partition coefficient (Wildman–Crippen LogP) is 3.74.